The van der Waals surface area contributed by atoms with Crippen molar-refractivity contribution in [1.82, 2.24) is 8.28 Å². The SMILES string of the molecule is Cc1ccc2c(C)cn(S(=O)(=O)N3CCCCC3)c2c1. The minimum absolute atomic E-state index is 0.632. The van der Waals surface area contributed by atoms with Crippen molar-refractivity contribution in [3.8, 4) is 0 Å². The predicted molar refractivity (Wildman–Crippen MR) is 81.2 cm³/mol. The lowest BCUT2D eigenvalue weighted by Crippen LogP contribution is -2.38. The fraction of sp³-hybridized carbons (Fsp3) is 0.467. The van der Waals surface area contributed by atoms with E-state index in [9.17, 15) is 8.42 Å². The number of benzene rings is 1. The van der Waals surface area contributed by atoms with Crippen LogP contribution in [0.2, 0.25) is 0 Å². The molecule has 1 aromatic carbocycles. The molecule has 108 valence electrons. The van der Waals surface area contributed by atoms with Gasteiger partial charge < -0.3 is 0 Å². The molecule has 0 radical (unpaired) electrons. The van der Waals surface area contributed by atoms with E-state index >= 15 is 0 Å². The Labute approximate surface area is 120 Å². The van der Waals surface area contributed by atoms with E-state index in [0.717, 1.165) is 41.3 Å². The molecule has 0 unspecified atom stereocenters. The van der Waals surface area contributed by atoms with Crippen LogP contribution >= 0.6 is 0 Å². The molecule has 2 heterocycles. The standard InChI is InChI=1S/C15H20N2O2S/c1-12-6-7-14-13(2)11-17(15(14)10-12)20(18,19)16-8-4-3-5-9-16/h6-7,10-11H,3-5,8-9H2,1-2H3. The number of piperidine rings is 1. The molecule has 2 aromatic rings. The fourth-order valence-corrected chi connectivity index (χ4v) is 4.54. The molecule has 0 bridgehead atoms. The highest BCUT2D eigenvalue weighted by molar-refractivity contribution is 7.87. The number of hydrogen-bond donors (Lipinski definition) is 0. The van der Waals surface area contributed by atoms with Gasteiger partial charge in [0.2, 0.25) is 0 Å². The summed E-state index contributed by atoms with van der Waals surface area (Å²) in [5.74, 6) is 0. The van der Waals surface area contributed by atoms with Gasteiger partial charge in [-0.25, -0.2) is 3.97 Å². The zero-order valence-electron chi connectivity index (χ0n) is 12.0. The molecular weight excluding hydrogens is 272 g/mol. The van der Waals surface area contributed by atoms with Crippen molar-refractivity contribution >= 4 is 21.1 Å². The lowest BCUT2D eigenvalue weighted by Gasteiger charge is -2.26. The van der Waals surface area contributed by atoms with Crippen molar-refractivity contribution in [2.45, 2.75) is 33.1 Å². The molecule has 0 N–H and O–H groups in total. The van der Waals surface area contributed by atoms with Crippen LogP contribution in [0.1, 0.15) is 30.4 Å². The Morgan fingerprint density at radius 2 is 1.75 bits per heavy atom. The van der Waals surface area contributed by atoms with E-state index in [0.29, 0.717) is 13.1 Å². The normalized spacial score (nSPS) is 17.7. The Morgan fingerprint density at radius 1 is 1.05 bits per heavy atom. The molecule has 0 aliphatic carbocycles. The largest absolute Gasteiger partial charge is 0.307 e. The average molecular weight is 292 g/mol. The van der Waals surface area contributed by atoms with Gasteiger partial charge in [0.15, 0.2) is 0 Å². The molecule has 1 fully saturated rings. The third-order valence-corrected chi connectivity index (χ3v) is 5.83. The van der Waals surface area contributed by atoms with E-state index in [2.05, 4.69) is 0 Å². The second kappa shape index (κ2) is 4.90. The lowest BCUT2D eigenvalue weighted by molar-refractivity contribution is 0.343. The van der Waals surface area contributed by atoms with Crippen LogP contribution in [0.15, 0.2) is 24.4 Å². The average Bonchev–Trinajstić information content (AvgIpc) is 2.77. The first-order valence-electron chi connectivity index (χ1n) is 7.09. The summed E-state index contributed by atoms with van der Waals surface area (Å²) in [4.78, 5) is 0. The van der Waals surface area contributed by atoms with Crippen LogP contribution in [0.4, 0.5) is 0 Å². The number of fused-ring (bicyclic) bond motifs is 1. The van der Waals surface area contributed by atoms with Crippen LogP contribution < -0.4 is 0 Å². The molecule has 5 heteroatoms. The van der Waals surface area contributed by atoms with Crippen molar-refractivity contribution in [3.05, 3.63) is 35.5 Å². The zero-order chi connectivity index (χ0) is 14.3. The summed E-state index contributed by atoms with van der Waals surface area (Å²) >= 11 is 0. The molecule has 0 saturated carbocycles. The molecule has 0 amide bonds. The maximum Gasteiger partial charge on any atom is 0.307 e. The van der Waals surface area contributed by atoms with Crippen LogP contribution in [0.25, 0.3) is 10.9 Å². The Kier molecular flexibility index (Phi) is 3.34. The van der Waals surface area contributed by atoms with Crippen LogP contribution in [0.3, 0.4) is 0 Å². The van der Waals surface area contributed by atoms with Gasteiger partial charge in [0, 0.05) is 24.7 Å². The quantitative estimate of drug-likeness (QED) is 0.854. The molecule has 0 atom stereocenters. The number of aromatic nitrogens is 1. The van der Waals surface area contributed by atoms with Crippen LogP contribution in [-0.2, 0) is 10.2 Å². The van der Waals surface area contributed by atoms with Gasteiger partial charge >= 0.3 is 10.2 Å². The first-order chi connectivity index (χ1) is 9.50. The van der Waals surface area contributed by atoms with Gasteiger partial charge in [0.25, 0.3) is 0 Å². The summed E-state index contributed by atoms with van der Waals surface area (Å²) in [5.41, 5.74) is 2.86. The summed E-state index contributed by atoms with van der Waals surface area (Å²) in [6, 6.07) is 5.97. The van der Waals surface area contributed by atoms with E-state index in [4.69, 9.17) is 0 Å². The molecule has 1 aliphatic rings. The van der Waals surface area contributed by atoms with Crippen molar-refractivity contribution < 1.29 is 8.42 Å². The maximum absolute atomic E-state index is 12.8. The van der Waals surface area contributed by atoms with Gasteiger partial charge in [-0.1, -0.05) is 18.6 Å². The first kappa shape index (κ1) is 13.6. The Balaban J connectivity index is 2.15. The molecule has 1 aromatic heterocycles. The molecular formula is C15H20N2O2S. The Bertz CT molecular complexity index is 741. The van der Waals surface area contributed by atoms with Gasteiger partial charge in [-0.2, -0.15) is 12.7 Å². The summed E-state index contributed by atoms with van der Waals surface area (Å²) in [5, 5.41) is 1.01. The van der Waals surface area contributed by atoms with Crippen molar-refractivity contribution in [2.75, 3.05) is 13.1 Å². The Hall–Kier alpha value is -1.33. The highest BCUT2D eigenvalue weighted by Gasteiger charge is 2.27. The van der Waals surface area contributed by atoms with Gasteiger partial charge in [0.05, 0.1) is 5.52 Å². The van der Waals surface area contributed by atoms with Gasteiger partial charge in [-0.05, 0) is 43.9 Å². The third kappa shape index (κ3) is 2.15. The third-order valence-electron chi connectivity index (χ3n) is 4.02. The van der Waals surface area contributed by atoms with E-state index in [1.54, 1.807) is 10.5 Å². The first-order valence-corrected chi connectivity index (χ1v) is 8.49. The van der Waals surface area contributed by atoms with Crippen molar-refractivity contribution in [1.29, 1.82) is 0 Å². The molecule has 0 spiro atoms. The number of hydrogen-bond acceptors (Lipinski definition) is 2. The second-order valence-corrected chi connectivity index (χ2v) is 7.40. The molecule has 4 nitrogen and oxygen atoms in total. The van der Waals surface area contributed by atoms with Crippen LogP contribution in [0.5, 0.6) is 0 Å². The number of aryl methyl sites for hydroxylation is 2. The summed E-state index contributed by atoms with van der Waals surface area (Å²) in [6.07, 6.45) is 4.78. The zero-order valence-corrected chi connectivity index (χ0v) is 12.8. The summed E-state index contributed by atoms with van der Waals surface area (Å²) < 4.78 is 28.7. The minimum atomic E-state index is -3.43. The van der Waals surface area contributed by atoms with Crippen molar-refractivity contribution in [2.24, 2.45) is 0 Å². The van der Waals surface area contributed by atoms with Gasteiger partial charge in [-0.15, -0.1) is 0 Å². The topological polar surface area (TPSA) is 42.3 Å². The van der Waals surface area contributed by atoms with Crippen molar-refractivity contribution in [3.63, 3.8) is 0 Å². The summed E-state index contributed by atoms with van der Waals surface area (Å²) in [6.45, 7) is 5.21. The molecule has 1 aliphatic heterocycles. The minimum Gasteiger partial charge on any atom is -0.232 e. The van der Waals surface area contributed by atoms with E-state index < -0.39 is 10.2 Å². The highest BCUT2D eigenvalue weighted by Crippen LogP contribution is 2.26. The monoisotopic (exact) mass is 292 g/mol. The van der Waals surface area contributed by atoms with Crippen LogP contribution in [-0.4, -0.2) is 29.8 Å². The summed E-state index contributed by atoms with van der Waals surface area (Å²) in [7, 11) is -3.43. The van der Waals surface area contributed by atoms with Crippen LogP contribution in [0, 0.1) is 13.8 Å². The van der Waals surface area contributed by atoms with E-state index in [1.807, 2.05) is 32.0 Å². The second-order valence-electron chi connectivity index (χ2n) is 5.60. The van der Waals surface area contributed by atoms with Gasteiger partial charge in [-0.3, -0.25) is 0 Å². The Morgan fingerprint density at radius 3 is 2.45 bits per heavy atom. The highest BCUT2D eigenvalue weighted by atomic mass is 32.2. The predicted octanol–water partition coefficient (Wildman–Crippen LogP) is 2.84. The molecule has 1 saturated heterocycles. The van der Waals surface area contributed by atoms with E-state index in [1.165, 1.54) is 3.97 Å². The molecule has 20 heavy (non-hydrogen) atoms. The number of nitrogens with zero attached hydrogens (tertiary/aromatic N) is 2. The molecule has 3 rings (SSSR count). The smallest absolute Gasteiger partial charge is 0.232 e. The maximum atomic E-state index is 12.8. The van der Waals surface area contributed by atoms with Gasteiger partial charge in [0.1, 0.15) is 0 Å². The van der Waals surface area contributed by atoms with E-state index in [-0.39, 0.29) is 0 Å². The lowest BCUT2D eigenvalue weighted by atomic mass is 10.1. The fourth-order valence-electron chi connectivity index (χ4n) is 2.88. The number of rotatable bonds is 2.